The van der Waals surface area contributed by atoms with Gasteiger partial charge in [0.1, 0.15) is 0 Å². The van der Waals surface area contributed by atoms with Crippen LogP contribution in [0.2, 0.25) is 0 Å². The molecule has 0 bridgehead atoms. The number of hydrogen-bond donors (Lipinski definition) is 0. The maximum Gasteiger partial charge on any atom is 0.152 e. The number of benzene rings is 2. The van der Waals surface area contributed by atoms with Crippen molar-refractivity contribution >= 4 is 16.7 Å². The highest BCUT2D eigenvalue weighted by Gasteiger charge is 2.12. The van der Waals surface area contributed by atoms with E-state index < -0.39 is 0 Å². The van der Waals surface area contributed by atoms with Crippen LogP contribution in [0.15, 0.2) is 60.7 Å². The van der Waals surface area contributed by atoms with Gasteiger partial charge in [-0.1, -0.05) is 55.5 Å². The summed E-state index contributed by atoms with van der Waals surface area (Å²) in [5, 5.41) is 1.18. The van der Waals surface area contributed by atoms with Crippen LogP contribution < -0.4 is 0 Å². The SMILES string of the molecule is CCCC(=O)Cn1c(-c2ccccc2)cc2ccccc21. The van der Waals surface area contributed by atoms with E-state index in [-0.39, 0.29) is 5.78 Å². The van der Waals surface area contributed by atoms with Gasteiger partial charge in [0, 0.05) is 23.0 Å². The highest BCUT2D eigenvalue weighted by molar-refractivity contribution is 5.89. The summed E-state index contributed by atoms with van der Waals surface area (Å²) in [6.07, 6.45) is 1.54. The number of hydrogen-bond acceptors (Lipinski definition) is 1. The number of para-hydroxylation sites is 1. The Kier molecular flexibility index (Phi) is 3.87. The Balaban J connectivity index is 2.12. The normalized spacial score (nSPS) is 10.9. The van der Waals surface area contributed by atoms with E-state index in [2.05, 4.69) is 34.9 Å². The minimum atomic E-state index is 0.288. The minimum absolute atomic E-state index is 0.288. The van der Waals surface area contributed by atoms with Gasteiger partial charge in [-0.05, 0) is 24.1 Å². The molecule has 0 fully saturated rings. The fourth-order valence-corrected chi connectivity index (χ4v) is 2.76. The van der Waals surface area contributed by atoms with Crippen molar-refractivity contribution in [1.29, 1.82) is 0 Å². The molecule has 0 saturated carbocycles. The van der Waals surface area contributed by atoms with Gasteiger partial charge in [0.25, 0.3) is 0 Å². The van der Waals surface area contributed by atoms with Crippen LogP contribution in [0.4, 0.5) is 0 Å². The summed E-state index contributed by atoms with van der Waals surface area (Å²) < 4.78 is 2.14. The first-order chi connectivity index (χ1) is 10.3. The molecule has 0 N–H and O–H groups in total. The van der Waals surface area contributed by atoms with Crippen molar-refractivity contribution in [2.75, 3.05) is 0 Å². The van der Waals surface area contributed by atoms with Crippen molar-refractivity contribution in [3.8, 4) is 11.3 Å². The van der Waals surface area contributed by atoms with Crippen LogP contribution in [0, 0.1) is 0 Å². The van der Waals surface area contributed by atoms with Gasteiger partial charge in [0.2, 0.25) is 0 Å². The molecule has 0 atom stereocenters. The number of fused-ring (bicyclic) bond motifs is 1. The van der Waals surface area contributed by atoms with E-state index in [0.717, 1.165) is 23.2 Å². The third kappa shape index (κ3) is 2.75. The van der Waals surface area contributed by atoms with E-state index in [0.29, 0.717) is 13.0 Å². The number of rotatable bonds is 5. The molecule has 0 unspecified atom stereocenters. The van der Waals surface area contributed by atoms with E-state index >= 15 is 0 Å². The van der Waals surface area contributed by atoms with Gasteiger partial charge in [-0.15, -0.1) is 0 Å². The van der Waals surface area contributed by atoms with Gasteiger partial charge in [0.15, 0.2) is 5.78 Å². The van der Waals surface area contributed by atoms with Gasteiger partial charge >= 0.3 is 0 Å². The summed E-state index contributed by atoms with van der Waals surface area (Å²) in [5.74, 6) is 0.288. The Morgan fingerprint density at radius 2 is 1.71 bits per heavy atom. The monoisotopic (exact) mass is 277 g/mol. The molecule has 1 aromatic heterocycles. The lowest BCUT2D eigenvalue weighted by molar-refractivity contribution is -0.119. The van der Waals surface area contributed by atoms with Crippen molar-refractivity contribution < 1.29 is 4.79 Å². The zero-order valence-corrected chi connectivity index (χ0v) is 12.3. The van der Waals surface area contributed by atoms with Gasteiger partial charge in [-0.25, -0.2) is 0 Å². The van der Waals surface area contributed by atoms with E-state index in [1.165, 1.54) is 5.39 Å². The lowest BCUT2D eigenvalue weighted by Crippen LogP contribution is -2.10. The van der Waals surface area contributed by atoms with Crippen LogP contribution in [-0.2, 0) is 11.3 Å². The van der Waals surface area contributed by atoms with Crippen LogP contribution in [-0.4, -0.2) is 10.4 Å². The average molecular weight is 277 g/mol. The molecule has 3 aromatic rings. The molecule has 2 aromatic carbocycles. The predicted molar refractivity (Wildman–Crippen MR) is 87.3 cm³/mol. The highest BCUT2D eigenvalue weighted by atomic mass is 16.1. The first kappa shape index (κ1) is 13.6. The molecule has 2 nitrogen and oxygen atoms in total. The second-order valence-corrected chi connectivity index (χ2v) is 5.33. The molecular formula is C19H19NO. The second-order valence-electron chi connectivity index (χ2n) is 5.33. The fourth-order valence-electron chi connectivity index (χ4n) is 2.76. The molecule has 0 spiro atoms. The predicted octanol–water partition coefficient (Wildman–Crippen LogP) is 4.68. The summed E-state index contributed by atoms with van der Waals surface area (Å²) in [5.41, 5.74) is 3.39. The average Bonchev–Trinajstić information content (AvgIpc) is 2.87. The quantitative estimate of drug-likeness (QED) is 0.664. The van der Waals surface area contributed by atoms with Crippen LogP contribution in [0.25, 0.3) is 22.2 Å². The first-order valence-electron chi connectivity index (χ1n) is 7.45. The van der Waals surface area contributed by atoms with Gasteiger partial charge in [-0.3, -0.25) is 4.79 Å². The van der Waals surface area contributed by atoms with Gasteiger partial charge in [0.05, 0.1) is 6.54 Å². The Bertz CT molecular complexity index is 756. The summed E-state index contributed by atoms with van der Waals surface area (Å²) in [7, 11) is 0. The van der Waals surface area contributed by atoms with Crippen molar-refractivity contribution in [1.82, 2.24) is 4.57 Å². The number of carbonyl (C=O) groups is 1. The van der Waals surface area contributed by atoms with Crippen molar-refractivity contribution in [2.24, 2.45) is 0 Å². The van der Waals surface area contributed by atoms with Crippen LogP contribution in [0.5, 0.6) is 0 Å². The topological polar surface area (TPSA) is 22.0 Å². The molecule has 1 heterocycles. The lowest BCUT2D eigenvalue weighted by atomic mass is 10.1. The third-order valence-electron chi connectivity index (χ3n) is 3.74. The molecule has 2 heteroatoms. The molecule has 0 amide bonds. The molecule has 3 rings (SSSR count). The van der Waals surface area contributed by atoms with E-state index in [4.69, 9.17) is 0 Å². The lowest BCUT2D eigenvalue weighted by Gasteiger charge is -2.10. The van der Waals surface area contributed by atoms with E-state index in [1.807, 2.05) is 37.3 Å². The van der Waals surface area contributed by atoms with Crippen LogP contribution >= 0.6 is 0 Å². The number of carbonyl (C=O) groups excluding carboxylic acids is 1. The molecule has 0 aliphatic rings. The van der Waals surface area contributed by atoms with Crippen molar-refractivity contribution in [3.63, 3.8) is 0 Å². The highest BCUT2D eigenvalue weighted by Crippen LogP contribution is 2.28. The molecule has 0 saturated heterocycles. The standard InChI is InChI=1S/C19H19NO/c1-2-8-17(21)14-20-18-12-7-6-11-16(18)13-19(20)15-9-4-3-5-10-15/h3-7,9-13H,2,8,14H2,1H3. The maximum atomic E-state index is 12.1. The van der Waals surface area contributed by atoms with E-state index in [9.17, 15) is 4.79 Å². The molecule has 0 radical (unpaired) electrons. The zero-order valence-electron chi connectivity index (χ0n) is 12.3. The molecule has 0 aliphatic carbocycles. The second kappa shape index (κ2) is 5.96. The fraction of sp³-hybridized carbons (Fsp3) is 0.211. The smallest absolute Gasteiger partial charge is 0.152 e. The van der Waals surface area contributed by atoms with E-state index in [1.54, 1.807) is 0 Å². The summed E-state index contributed by atoms with van der Waals surface area (Å²) in [6.45, 7) is 2.50. The summed E-state index contributed by atoms with van der Waals surface area (Å²) >= 11 is 0. The number of Topliss-reactive ketones (excluding diaryl/α,β-unsaturated/α-hetero) is 1. The largest absolute Gasteiger partial charge is 0.333 e. The molecular weight excluding hydrogens is 258 g/mol. The van der Waals surface area contributed by atoms with Crippen LogP contribution in [0.3, 0.4) is 0 Å². The van der Waals surface area contributed by atoms with Crippen molar-refractivity contribution in [3.05, 3.63) is 60.7 Å². The number of aromatic nitrogens is 1. The Labute approximate surface area is 125 Å². The molecule has 21 heavy (non-hydrogen) atoms. The number of ketones is 1. The minimum Gasteiger partial charge on any atom is -0.333 e. The van der Waals surface area contributed by atoms with Crippen LogP contribution in [0.1, 0.15) is 19.8 Å². The van der Waals surface area contributed by atoms with Gasteiger partial charge in [-0.2, -0.15) is 0 Å². The molecule has 106 valence electrons. The summed E-state index contributed by atoms with van der Waals surface area (Å²) in [6, 6.07) is 20.7. The Morgan fingerprint density at radius 1 is 1.00 bits per heavy atom. The first-order valence-corrected chi connectivity index (χ1v) is 7.45. The zero-order chi connectivity index (χ0) is 14.7. The Morgan fingerprint density at radius 3 is 2.48 bits per heavy atom. The molecule has 0 aliphatic heterocycles. The third-order valence-corrected chi connectivity index (χ3v) is 3.74. The Hall–Kier alpha value is -2.35. The maximum absolute atomic E-state index is 12.1. The van der Waals surface area contributed by atoms with Gasteiger partial charge < -0.3 is 4.57 Å². The van der Waals surface area contributed by atoms with Crippen molar-refractivity contribution in [2.45, 2.75) is 26.3 Å². The number of nitrogens with zero attached hydrogens (tertiary/aromatic N) is 1. The summed E-state index contributed by atoms with van der Waals surface area (Å²) in [4.78, 5) is 12.1.